The number of fused-ring (bicyclic) bond motifs is 2. The standard InChI is InChI=1S/C20H21ClFN5OS/c21-13-2-1-11(5-14(13)22)6-15(23)20(28)26-3-4-27-12(8-26)7-17-18-16(9-29-17)24-10-25-19(18)27/h1-2,5,10,12,15,17H,3-4,6-9,23H2/t12-,15+,17+/m0/s1. The van der Waals surface area contributed by atoms with Crippen LogP contribution in [0.1, 0.15) is 28.5 Å². The average Bonchev–Trinajstić information content (AvgIpc) is 3.14. The number of halogens is 2. The van der Waals surface area contributed by atoms with Crippen LogP contribution in [0.5, 0.6) is 0 Å². The molecule has 0 aliphatic carbocycles. The summed E-state index contributed by atoms with van der Waals surface area (Å²) in [6, 6.07) is 4.09. The van der Waals surface area contributed by atoms with Gasteiger partial charge in [0.05, 0.1) is 16.8 Å². The Morgan fingerprint density at radius 3 is 3.07 bits per heavy atom. The van der Waals surface area contributed by atoms with Crippen molar-refractivity contribution < 1.29 is 9.18 Å². The van der Waals surface area contributed by atoms with E-state index >= 15 is 0 Å². The molecule has 0 spiro atoms. The van der Waals surface area contributed by atoms with Crippen LogP contribution in [0, 0.1) is 5.82 Å². The van der Waals surface area contributed by atoms with Gasteiger partial charge in [0.2, 0.25) is 5.91 Å². The van der Waals surface area contributed by atoms with Gasteiger partial charge in [-0.3, -0.25) is 4.79 Å². The number of carbonyl (C=O) groups excluding carboxylic acids is 1. The molecule has 5 rings (SSSR count). The van der Waals surface area contributed by atoms with Gasteiger partial charge in [-0.2, -0.15) is 0 Å². The molecule has 1 aromatic heterocycles. The van der Waals surface area contributed by atoms with E-state index in [4.69, 9.17) is 17.3 Å². The molecule has 3 aliphatic heterocycles. The number of carbonyl (C=O) groups is 1. The number of anilines is 1. The Labute approximate surface area is 177 Å². The molecule has 2 aromatic rings. The lowest BCUT2D eigenvalue weighted by molar-refractivity contribution is -0.133. The SMILES string of the molecule is N[C@H](Cc1ccc(Cl)c(F)c1)C(=O)N1CCN2c3ncnc4c3[C@@H](C[C@H]2C1)SC4. The van der Waals surface area contributed by atoms with Gasteiger partial charge in [0.15, 0.2) is 0 Å². The van der Waals surface area contributed by atoms with Crippen LogP contribution < -0.4 is 10.6 Å². The molecular formula is C20H21ClFN5OS. The fourth-order valence-electron chi connectivity index (χ4n) is 4.57. The van der Waals surface area contributed by atoms with E-state index in [0.29, 0.717) is 23.9 Å². The third-order valence-electron chi connectivity index (χ3n) is 6.00. The zero-order valence-corrected chi connectivity index (χ0v) is 17.3. The number of nitrogens with zero attached hydrogens (tertiary/aromatic N) is 4. The molecule has 0 radical (unpaired) electrons. The summed E-state index contributed by atoms with van der Waals surface area (Å²) in [5.74, 6) is 1.39. The summed E-state index contributed by atoms with van der Waals surface area (Å²) >= 11 is 7.64. The van der Waals surface area contributed by atoms with Gasteiger partial charge >= 0.3 is 0 Å². The molecule has 1 amide bonds. The van der Waals surface area contributed by atoms with Gasteiger partial charge in [-0.25, -0.2) is 14.4 Å². The third kappa shape index (κ3) is 3.37. The minimum absolute atomic E-state index is 0.0686. The van der Waals surface area contributed by atoms with Crippen molar-refractivity contribution in [3.8, 4) is 0 Å². The zero-order chi connectivity index (χ0) is 20.1. The molecule has 9 heteroatoms. The van der Waals surface area contributed by atoms with Gasteiger partial charge in [-0.1, -0.05) is 17.7 Å². The first-order valence-electron chi connectivity index (χ1n) is 9.71. The minimum atomic E-state index is -0.701. The van der Waals surface area contributed by atoms with Crippen molar-refractivity contribution in [1.29, 1.82) is 0 Å². The number of hydrogen-bond acceptors (Lipinski definition) is 6. The molecule has 4 heterocycles. The second-order valence-corrected chi connectivity index (χ2v) is 9.38. The van der Waals surface area contributed by atoms with Crippen LogP contribution >= 0.6 is 23.4 Å². The number of amides is 1. The fraction of sp³-hybridized carbons (Fsp3) is 0.450. The summed E-state index contributed by atoms with van der Waals surface area (Å²) in [7, 11) is 0. The summed E-state index contributed by atoms with van der Waals surface area (Å²) < 4.78 is 13.7. The average molecular weight is 434 g/mol. The molecule has 152 valence electrons. The number of piperazine rings is 1. The molecule has 6 nitrogen and oxygen atoms in total. The molecule has 0 saturated carbocycles. The van der Waals surface area contributed by atoms with Crippen LogP contribution in [-0.4, -0.2) is 52.5 Å². The molecule has 1 saturated heterocycles. The number of aromatic nitrogens is 2. The second-order valence-electron chi connectivity index (χ2n) is 7.78. The third-order valence-corrected chi connectivity index (χ3v) is 7.58. The van der Waals surface area contributed by atoms with E-state index in [-0.39, 0.29) is 23.4 Å². The Balaban J connectivity index is 1.28. The highest BCUT2D eigenvalue weighted by Crippen LogP contribution is 2.51. The van der Waals surface area contributed by atoms with Crippen LogP contribution in [0.3, 0.4) is 0 Å². The quantitative estimate of drug-likeness (QED) is 0.801. The van der Waals surface area contributed by atoms with Crippen LogP contribution in [0.15, 0.2) is 24.5 Å². The number of nitrogens with two attached hydrogens (primary N) is 1. The lowest BCUT2D eigenvalue weighted by atomic mass is 9.94. The van der Waals surface area contributed by atoms with Crippen molar-refractivity contribution in [3.63, 3.8) is 0 Å². The lowest BCUT2D eigenvalue weighted by Crippen LogP contribution is -2.59. The number of rotatable bonds is 3. The lowest BCUT2D eigenvalue weighted by Gasteiger charge is -2.46. The van der Waals surface area contributed by atoms with Crippen molar-refractivity contribution in [3.05, 3.63) is 52.2 Å². The van der Waals surface area contributed by atoms with Gasteiger partial charge < -0.3 is 15.5 Å². The largest absolute Gasteiger partial charge is 0.350 e. The Bertz CT molecular complexity index is 976. The van der Waals surface area contributed by atoms with E-state index in [0.717, 1.165) is 30.2 Å². The van der Waals surface area contributed by atoms with E-state index < -0.39 is 11.9 Å². The normalized spacial score (nSPS) is 23.6. The van der Waals surface area contributed by atoms with Gasteiger partial charge in [-0.05, 0) is 30.5 Å². The van der Waals surface area contributed by atoms with Crippen molar-refractivity contribution in [2.75, 3.05) is 24.5 Å². The summed E-state index contributed by atoms with van der Waals surface area (Å²) in [6.45, 7) is 1.98. The van der Waals surface area contributed by atoms with Crippen molar-refractivity contribution in [1.82, 2.24) is 14.9 Å². The summed E-state index contributed by atoms with van der Waals surface area (Å²) in [5, 5.41) is 0.474. The van der Waals surface area contributed by atoms with Crippen molar-refractivity contribution in [2.24, 2.45) is 5.73 Å². The summed E-state index contributed by atoms with van der Waals surface area (Å²) in [4.78, 5) is 26.1. The first kappa shape index (κ1) is 19.1. The van der Waals surface area contributed by atoms with Crippen molar-refractivity contribution >= 4 is 35.1 Å². The predicted molar refractivity (Wildman–Crippen MR) is 111 cm³/mol. The van der Waals surface area contributed by atoms with Gasteiger partial charge in [0.1, 0.15) is 18.0 Å². The summed E-state index contributed by atoms with van der Waals surface area (Å²) in [6.07, 6.45) is 2.92. The smallest absolute Gasteiger partial charge is 0.239 e. The van der Waals surface area contributed by atoms with E-state index in [2.05, 4.69) is 14.9 Å². The first-order valence-corrected chi connectivity index (χ1v) is 11.1. The van der Waals surface area contributed by atoms with Crippen LogP contribution in [0.2, 0.25) is 5.02 Å². The highest BCUT2D eigenvalue weighted by Gasteiger charge is 2.42. The fourth-order valence-corrected chi connectivity index (χ4v) is 6.04. The molecule has 3 aliphatic rings. The molecule has 29 heavy (non-hydrogen) atoms. The maximum absolute atomic E-state index is 13.7. The Morgan fingerprint density at radius 2 is 2.24 bits per heavy atom. The maximum atomic E-state index is 13.7. The second kappa shape index (κ2) is 7.41. The van der Waals surface area contributed by atoms with Gasteiger partial charge in [0, 0.05) is 42.2 Å². The number of hydrogen-bond donors (Lipinski definition) is 1. The van der Waals surface area contributed by atoms with Crippen LogP contribution in [0.4, 0.5) is 10.2 Å². The van der Waals surface area contributed by atoms with Gasteiger partial charge in [-0.15, -0.1) is 11.8 Å². The first-order chi connectivity index (χ1) is 14.0. The van der Waals surface area contributed by atoms with E-state index in [1.165, 1.54) is 17.7 Å². The summed E-state index contributed by atoms with van der Waals surface area (Å²) in [5.41, 5.74) is 9.30. The molecule has 1 fully saturated rings. The van der Waals surface area contributed by atoms with E-state index in [1.807, 2.05) is 16.7 Å². The Hall–Kier alpha value is -1.90. The molecule has 1 aromatic carbocycles. The van der Waals surface area contributed by atoms with Crippen LogP contribution in [-0.2, 0) is 17.0 Å². The van der Waals surface area contributed by atoms with Crippen molar-refractivity contribution in [2.45, 2.75) is 35.9 Å². The maximum Gasteiger partial charge on any atom is 0.239 e. The minimum Gasteiger partial charge on any atom is -0.350 e. The molecular weight excluding hydrogens is 413 g/mol. The van der Waals surface area contributed by atoms with Gasteiger partial charge in [0.25, 0.3) is 0 Å². The highest BCUT2D eigenvalue weighted by molar-refractivity contribution is 7.99. The molecule has 2 N–H and O–H groups in total. The molecule has 0 unspecified atom stereocenters. The molecule has 3 atom stereocenters. The predicted octanol–water partition coefficient (Wildman–Crippen LogP) is 2.55. The highest BCUT2D eigenvalue weighted by atomic mass is 35.5. The topological polar surface area (TPSA) is 75.4 Å². The Kier molecular flexibility index (Phi) is 4.88. The van der Waals surface area contributed by atoms with Crippen LogP contribution in [0.25, 0.3) is 0 Å². The monoisotopic (exact) mass is 433 g/mol. The van der Waals surface area contributed by atoms with E-state index in [9.17, 15) is 9.18 Å². The number of benzene rings is 1. The molecule has 0 bridgehead atoms. The Morgan fingerprint density at radius 1 is 1.38 bits per heavy atom. The van der Waals surface area contributed by atoms with E-state index in [1.54, 1.807) is 12.4 Å². The number of thioether (sulfide) groups is 1. The zero-order valence-electron chi connectivity index (χ0n) is 15.7.